The number of aromatic nitrogens is 1. The third kappa shape index (κ3) is 3.75. The highest BCUT2D eigenvalue weighted by atomic mass is 16.5. The van der Waals surface area contributed by atoms with Gasteiger partial charge in [-0.1, -0.05) is 11.2 Å². The summed E-state index contributed by atoms with van der Waals surface area (Å²) in [5.41, 5.74) is 1.06. The van der Waals surface area contributed by atoms with Crippen molar-refractivity contribution >= 4 is 5.91 Å². The van der Waals surface area contributed by atoms with Crippen LogP contribution < -0.4 is 14.8 Å². The number of benzene rings is 1. The summed E-state index contributed by atoms with van der Waals surface area (Å²) in [4.78, 5) is 12.0. The number of nitrogens with zero attached hydrogens (tertiary/aromatic N) is 1. The zero-order valence-electron chi connectivity index (χ0n) is 12.3. The van der Waals surface area contributed by atoms with Crippen molar-refractivity contribution in [2.75, 3.05) is 20.3 Å². The highest BCUT2D eigenvalue weighted by Crippen LogP contribution is 2.18. The Morgan fingerprint density at radius 2 is 2.10 bits per heavy atom. The number of ether oxygens (including phenoxy) is 2. The molecule has 1 aromatic heterocycles. The van der Waals surface area contributed by atoms with E-state index in [-0.39, 0.29) is 5.91 Å². The predicted octanol–water partition coefficient (Wildman–Crippen LogP) is 2.11. The van der Waals surface area contributed by atoms with Gasteiger partial charge in [-0.05, 0) is 26.0 Å². The van der Waals surface area contributed by atoms with Gasteiger partial charge in [0.25, 0.3) is 5.91 Å². The van der Waals surface area contributed by atoms with E-state index in [1.165, 1.54) is 0 Å². The van der Waals surface area contributed by atoms with E-state index in [4.69, 9.17) is 14.0 Å². The van der Waals surface area contributed by atoms with Crippen molar-refractivity contribution in [3.63, 3.8) is 0 Å². The summed E-state index contributed by atoms with van der Waals surface area (Å²) in [5, 5.41) is 6.52. The van der Waals surface area contributed by atoms with Crippen molar-refractivity contribution < 1.29 is 18.8 Å². The number of rotatable bonds is 6. The zero-order valence-corrected chi connectivity index (χ0v) is 12.3. The number of aryl methyl sites for hydroxylation is 2. The molecule has 0 aliphatic heterocycles. The summed E-state index contributed by atoms with van der Waals surface area (Å²) in [5.74, 6) is 1.73. The van der Waals surface area contributed by atoms with Gasteiger partial charge in [0, 0.05) is 6.07 Å². The molecule has 112 valence electrons. The largest absolute Gasteiger partial charge is 0.497 e. The lowest BCUT2D eigenvalue weighted by Crippen LogP contribution is -2.28. The second-order valence-electron chi connectivity index (χ2n) is 4.48. The zero-order chi connectivity index (χ0) is 15.2. The summed E-state index contributed by atoms with van der Waals surface area (Å²) < 4.78 is 15.6. The van der Waals surface area contributed by atoms with Crippen LogP contribution in [0.15, 0.2) is 28.8 Å². The van der Waals surface area contributed by atoms with E-state index in [9.17, 15) is 4.79 Å². The van der Waals surface area contributed by atoms with E-state index >= 15 is 0 Å². The maximum atomic E-state index is 12.0. The normalized spacial score (nSPS) is 10.2. The lowest BCUT2D eigenvalue weighted by Gasteiger charge is -2.08. The fraction of sp³-hybridized carbons (Fsp3) is 0.333. The Labute approximate surface area is 123 Å². The van der Waals surface area contributed by atoms with E-state index in [0.717, 1.165) is 5.75 Å². The van der Waals surface area contributed by atoms with Crippen LogP contribution in [-0.2, 0) is 0 Å². The molecule has 0 fully saturated rings. The van der Waals surface area contributed by atoms with E-state index in [0.29, 0.717) is 35.9 Å². The number of amides is 1. The molecule has 0 bridgehead atoms. The van der Waals surface area contributed by atoms with Crippen LogP contribution >= 0.6 is 0 Å². The van der Waals surface area contributed by atoms with Crippen LogP contribution in [0.5, 0.6) is 11.5 Å². The molecule has 0 saturated heterocycles. The third-order valence-electron chi connectivity index (χ3n) is 2.96. The quantitative estimate of drug-likeness (QED) is 0.825. The summed E-state index contributed by atoms with van der Waals surface area (Å²) in [6, 6.07) is 7.30. The smallest absolute Gasteiger partial charge is 0.256 e. The monoisotopic (exact) mass is 290 g/mol. The molecular formula is C15H18N2O4. The first-order valence-electron chi connectivity index (χ1n) is 6.59. The van der Waals surface area contributed by atoms with Crippen molar-refractivity contribution in [2.24, 2.45) is 0 Å². The first kappa shape index (κ1) is 14.9. The Bertz CT molecular complexity index is 602. The van der Waals surface area contributed by atoms with Gasteiger partial charge in [0.1, 0.15) is 29.4 Å². The number of hydrogen-bond acceptors (Lipinski definition) is 5. The molecule has 1 N–H and O–H groups in total. The van der Waals surface area contributed by atoms with Gasteiger partial charge < -0.3 is 19.3 Å². The first-order valence-corrected chi connectivity index (χ1v) is 6.59. The molecule has 0 spiro atoms. The fourth-order valence-electron chi connectivity index (χ4n) is 1.92. The molecule has 0 unspecified atom stereocenters. The molecule has 0 aliphatic carbocycles. The molecule has 1 heterocycles. The van der Waals surface area contributed by atoms with Crippen molar-refractivity contribution in [1.29, 1.82) is 0 Å². The van der Waals surface area contributed by atoms with Gasteiger partial charge in [-0.25, -0.2) is 0 Å². The number of methoxy groups -OCH3 is 1. The van der Waals surface area contributed by atoms with Crippen molar-refractivity contribution in [3.8, 4) is 11.5 Å². The van der Waals surface area contributed by atoms with Crippen LogP contribution in [0.1, 0.15) is 21.8 Å². The van der Waals surface area contributed by atoms with Crippen LogP contribution in [0.2, 0.25) is 0 Å². The van der Waals surface area contributed by atoms with Gasteiger partial charge in [0.2, 0.25) is 0 Å². The highest BCUT2D eigenvalue weighted by molar-refractivity contribution is 5.96. The summed E-state index contributed by atoms with van der Waals surface area (Å²) in [6.45, 7) is 4.20. The standard InChI is InChI=1S/C15H18N2O4/c1-10-14(11(2)21-17-10)15(18)16-7-8-20-13-6-4-5-12(9-13)19-3/h4-6,9H,7-8H2,1-3H3,(H,16,18). The molecule has 0 radical (unpaired) electrons. The molecule has 6 heteroatoms. The number of nitrogens with one attached hydrogen (secondary N) is 1. The minimum Gasteiger partial charge on any atom is -0.497 e. The molecule has 0 saturated carbocycles. The summed E-state index contributed by atoms with van der Waals surface area (Å²) >= 11 is 0. The summed E-state index contributed by atoms with van der Waals surface area (Å²) in [6.07, 6.45) is 0. The topological polar surface area (TPSA) is 73.6 Å². The van der Waals surface area contributed by atoms with E-state index in [2.05, 4.69) is 10.5 Å². The number of carbonyl (C=O) groups excluding carboxylic acids is 1. The van der Waals surface area contributed by atoms with E-state index in [1.54, 1.807) is 27.0 Å². The molecule has 2 aromatic rings. The molecule has 1 aromatic carbocycles. The Morgan fingerprint density at radius 3 is 2.76 bits per heavy atom. The molecular weight excluding hydrogens is 272 g/mol. The van der Waals surface area contributed by atoms with Crippen LogP contribution in [0.25, 0.3) is 0 Å². The Morgan fingerprint density at radius 1 is 1.33 bits per heavy atom. The first-order chi connectivity index (χ1) is 10.1. The van der Waals surface area contributed by atoms with Gasteiger partial charge in [0.15, 0.2) is 0 Å². The Hall–Kier alpha value is -2.50. The molecule has 0 aliphatic rings. The minimum atomic E-state index is -0.208. The summed E-state index contributed by atoms with van der Waals surface area (Å²) in [7, 11) is 1.60. The van der Waals surface area contributed by atoms with Crippen LogP contribution in [0, 0.1) is 13.8 Å². The van der Waals surface area contributed by atoms with Gasteiger partial charge in [-0.15, -0.1) is 0 Å². The van der Waals surface area contributed by atoms with Gasteiger partial charge in [-0.2, -0.15) is 0 Å². The van der Waals surface area contributed by atoms with E-state index < -0.39 is 0 Å². The van der Waals surface area contributed by atoms with Gasteiger partial charge in [-0.3, -0.25) is 4.79 Å². The third-order valence-corrected chi connectivity index (χ3v) is 2.96. The van der Waals surface area contributed by atoms with Gasteiger partial charge in [0.05, 0.1) is 19.3 Å². The van der Waals surface area contributed by atoms with Crippen LogP contribution in [-0.4, -0.2) is 31.3 Å². The second kappa shape index (κ2) is 6.78. The van der Waals surface area contributed by atoms with Crippen molar-refractivity contribution in [2.45, 2.75) is 13.8 Å². The predicted molar refractivity (Wildman–Crippen MR) is 76.8 cm³/mol. The molecule has 2 rings (SSSR count). The van der Waals surface area contributed by atoms with Crippen LogP contribution in [0.3, 0.4) is 0 Å². The fourth-order valence-corrected chi connectivity index (χ4v) is 1.92. The molecule has 1 amide bonds. The molecule has 21 heavy (non-hydrogen) atoms. The number of carbonyl (C=O) groups is 1. The minimum absolute atomic E-state index is 0.208. The van der Waals surface area contributed by atoms with Crippen LogP contribution in [0.4, 0.5) is 0 Å². The molecule has 0 atom stereocenters. The Balaban J connectivity index is 1.81. The lowest BCUT2D eigenvalue weighted by molar-refractivity contribution is 0.0945. The van der Waals surface area contributed by atoms with Crippen molar-refractivity contribution in [3.05, 3.63) is 41.3 Å². The Kier molecular flexibility index (Phi) is 4.81. The van der Waals surface area contributed by atoms with Crippen molar-refractivity contribution in [1.82, 2.24) is 10.5 Å². The van der Waals surface area contributed by atoms with Gasteiger partial charge >= 0.3 is 0 Å². The maximum Gasteiger partial charge on any atom is 0.256 e. The maximum absolute atomic E-state index is 12.0. The lowest BCUT2D eigenvalue weighted by atomic mass is 10.2. The average Bonchev–Trinajstić information content (AvgIpc) is 2.83. The highest BCUT2D eigenvalue weighted by Gasteiger charge is 2.16. The van der Waals surface area contributed by atoms with E-state index in [1.807, 2.05) is 18.2 Å². The number of hydrogen-bond donors (Lipinski definition) is 1. The average molecular weight is 290 g/mol. The SMILES string of the molecule is COc1cccc(OCCNC(=O)c2c(C)noc2C)c1. The molecule has 6 nitrogen and oxygen atoms in total. The second-order valence-corrected chi connectivity index (χ2v) is 4.48.